The molecule has 0 nitrogen and oxygen atoms in total. The molecule has 0 atom stereocenters. The Labute approximate surface area is 131 Å². The van der Waals surface area contributed by atoms with Crippen molar-refractivity contribution in [2.75, 3.05) is 0 Å². The minimum Gasteiger partial charge on any atom is -0.0654 e. The van der Waals surface area contributed by atoms with Gasteiger partial charge in [0.15, 0.2) is 0 Å². The standard InChI is InChI=1S/C22H20/c1-2-3-9-16-10-8-15-21-19-12-5-4-11-17(19)18-13-6-7-14-20(18)22(16)21/h4-8,10-15H,2-3,9H2,1H3. The number of fused-ring (bicyclic) bond motifs is 6. The quantitative estimate of drug-likeness (QED) is 0.377. The van der Waals surface area contributed by atoms with Crippen molar-refractivity contribution in [3.05, 3.63) is 72.3 Å². The van der Waals surface area contributed by atoms with E-state index in [1.54, 1.807) is 0 Å². The molecule has 0 unspecified atom stereocenters. The van der Waals surface area contributed by atoms with Crippen molar-refractivity contribution in [1.82, 2.24) is 0 Å². The largest absolute Gasteiger partial charge is 0.0654 e. The van der Waals surface area contributed by atoms with E-state index in [1.165, 1.54) is 50.7 Å². The van der Waals surface area contributed by atoms with Gasteiger partial charge >= 0.3 is 0 Å². The predicted octanol–water partition coefficient (Wildman–Crippen LogP) is 6.49. The molecular weight excluding hydrogens is 264 g/mol. The molecule has 0 aromatic heterocycles. The number of rotatable bonds is 3. The van der Waals surface area contributed by atoms with Crippen LogP contribution < -0.4 is 0 Å². The number of hydrogen-bond donors (Lipinski definition) is 0. The summed E-state index contributed by atoms with van der Waals surface area (Å²) in [6.45, 7) is 2.26. The lowest BCUT2D eigenvalue weighted by atomic mass is 9.90. The van der Waals surface area contributed by atoms with Crippen molar-refractivity contribution in [2.45, 2.75) is 26.2 Å². The molecular formula is C22H20. The normalized spacial score (nSPS) is 11.5. The van der Waals surface area contributed by atoms with Gasteiger partial charge in [-0.1, -0.05) is 80.1 Å². The molecule has 0 aliphatic carbocycles. The Morgan fingerprint density at radius 3 is 1.68 bits per heavy atom. The maximum absolute atomic E-state index is 2.30. The van der Waals surface area contributed by atoms with Gasteiger partial charge in [-0.15, -0.1) is 0 Å². The molecule has 4 rings (SSSR count). The molecule has 0 aliphatic heterocycles. The Hall–Kier alpha value is -2.34. The lowest BCUT2D eigenvalue weighted by Gasteiger charge is -2.13. The van der Waals surface area contributed by atoms with Crippen LogP contribution in [0.2, 0.25) is 0 Å². The van der Waals surface area contributed by atoms with Crippen molar-refractivity contribution in [3.8, 4) is 0 Å². The van der Waals surface area contributed by atoms with Gasteiger partial charge in [-0.25, -0.2) is 0 Å². The fourth-order valence-corrected chi connectivity index (χ4v) is 3.61. The number of aryl methyl sites for hydroxylation is 1. The molecule has 22 heavy (non-hydrogen) atoms. The zero-order valence-electron chi connectivity index (χ0n) is 13.0. The van der Waals surface area contributed by atoms with Gasteiger partial charge in [0.05, 0.1) is 0 Å². The van der Waals surface area contributed by atoms with Gasteiger partial charge in [-0.05, 0) is 50.7 Å². The van der Waals surface area contributed by atoms with Crippen LogP contribution in [0.4, 0.5) is 0 Å². The molecule has 108 valence electrons. The molecule has 0 heterocycles. The molecule has 4 aromatic rings. The monoisotopic (exact) mass is 284 g/mol. The third-order valence-corrected chi connectivity index (χ3v) is 4.65. The molecule has 0 fully saturated rings. The minimum atomic E-state index is 1.16. The Morgan fingerprint density at radius 1 is 0.591 bits per heavy atom. The minimum absolute atomic E-state index is 1.16. The van der Waals surface area contributed by atoms with Gasteiger partial charge in [-0.3, -0.25) is 0 Å². The van der Waals surface area contributed by atoms with E-state index in [0.717, 1.165) is 6.42 Å². The topological polar surface area (TPSA) is 0 Å². The van der Waals surface area contributed by atoms with Crippen LogP contribution in [0.15, 0.2) is 66.7 Å². The highest BCUT2D eigenvalue weighted by molar-refractivity contribution is 6.26. The first kappa shape index (κ1) is 13.3. The molecule has 0 amide bonds. The SMILES string of the molecule is CCCCc1cccc2c3ccccc3c3ccccc3c12. The van der Waals surface area contributed by atoms with E-state index in [1.807, 2.05) is 0 Å². The average molecular weight is 284 g/mol. The molecule has 0 bridgehead atoms. The lowest BCUT2D eigenvalue weighted by molar-refractivity contribution is 0.799. The van der Waals surface area contributed by atoms with Crippen LogP contribution >= 0.6 is 0 Å². The van der Waals surface area contributed by atoms with E-state index in [-0.39, 0.29) is 0 Å². The van der Waals surface area contributed by atoms with Crippen LogP contribution in [0.25, 0.3) is 32.3 Å². The number of hydrogen-bond acceptors (Lipinski definition) is 0. The second kappa shape index (κ2) is 5.46. The molecule has 0 N–H and O–H groups in total. The summed E-state index contributed by atoms with van der Waals surface area (Å²) in [5.41, 5.74) is 1.49. The van der Waals surface area contributed by atoms with Gasteiger partial charge in [0.2, 0.25) is 0 Å². The summed E-state index contributed by atoms with van der Waals surface area (Å²) in [5, 5.41) is 8.33. The van der Waals surface area contributed by atoms with Gasteiger partial charge in [0, 0.05) is 0 Å². The van der Waals surface area contributed by atoms with Crippen LogP contribution in [0.1, 0.15) is 25.3 Å². The highest BCUT2D eigenvalue weighted by Crippen LogP contribution is 2.36. The van der Waals surface area contributed by atoms with Gasteiger partial charge in [0.1, 0.15) is 0 Å². The van der Waals surface area contributed by atoms with Gasteiger partial charge in [-0.2, -0.15) is 0 Å². The van der Waals surface area contributed by atoms with E-state index in [0.29, 0.717) is 0 Å². The van der Waals surface area contributed by atoms with Gasteiger partial charge in [0.25, 0.3) is 0 Å². The first-order valence-electron chi connectivity index (χ1n) is 8.21. The van der Waals surface area contributed by atoms with Crippen LogP contribution in [0.3, 0.4) is 0 Å². The summed E-state index contributed by atoms with van der Waals surface area (Å²) >= 11 is 0. The fourth-order valence-electron chi connectivity index (χ4n) is 3.61. The Kier molecular flexibility index (Phi) is 3.31. The molecule has 0 spiro atoms. The number of benzene rings is 4. The van der Waals surface area contributed by atoms with Crippen molar-refractivity contribution in [1.29, 1.82) is 0 Å². The highest BCUT2D eigenvalue weighted by Gasteiger charge is 2.10. The van der Waals surface area contributed by atoms with Crippen molar-refractivity contribution in [3.63, 3.8) is 0 Å². The van der Waals surface area contributed by atoms with Crippen molar-refractivity contribution < 1.29 is 0 Å². The lowest BCUT2D eigenvalue weighted by Crippen LogP contribution is -1.90. The van der Waals surface area contributed by atoms with Crippen LogP contribution in [0.5, 0.6) is 0 Å². The average Bonchev–Trinajstić information content (AvgIpc) is 2.60. The molecule has 4 aromatic carbocycles. The van der Waals surface area contributed by atoms with E-state index >= 15 is 0 Å². The third kappa shape index (κ3) is 1.99. The summed E-state index contributed by atoms with van der Waals surface area (Å²) in [4.78, 5) is 0. The smallest absolute Gasteiger partial charge is 0.00669 e. The maximum atomic E-state index is 2.30. The molecule has 0 radical (unpaired) electrons. The Morgan fingerprint density at radius 2 is 1.09 bits per heavy atom. The van der Waals surface area contributed by atoms with Gasteiger partial charge < -0.3 is 0 Å². The van der Waals surface area contributed by atoms with Crippen LogP contribution in [-0.4, -0.2) is 0 Å². The third-order valence-electron chi connectivity index (χ3n) is 4.65. The Bertz CT molecular complexity index is 918. The van der Waals surface area contributed by atoms with E-state index < -0.39 is 0 Å². The summed E-state index contributed by atoms with van der Waals surface area (Å²) in [7, 11) is 0. The number of unbranched alkanes of at least 4 members (excludes halogenated alkanes) is 1. The highest BCUT2D eigenvalue weighted by atomic mass is 14.1. The molecule has 0 saturated carbocycles. The summed E-state index contributed by atoms with van der Waals surface area (Å²) in [5.74, 6) is 0. The second-order valence-electron chi connectivity index (χ2n) is 6.03. The zero-order valence-corrected chi connectivity index (χ0v) is 13.0. The Balaban J connectivity index is 2.22. The summed E-state index contributed by atoms with van der Waals surface area (Å²) in [6, 6.07) is 24.4. The second-order valence-corrected chi connectivity index (χ2v) is 6.03. The first-order valence-corrected chi connectivity index (χ1v) is 8.21. The molecule has 0 saturated heterocycles. The van der Waals surface area contributed by atoms with E-state index in [2.05, 4.69) is 73.7 Å². The van der Waals surface area contributed by atoms with Crippen LogP contribution in [-0.2, 0) is 6.42 Å². The van der Waals surface area contributed by atoms with Crippen molar-refractivity contribution in [2.24, 2.45) is 0 Å². The summed E-state index contributed by atoms with van der Waals surface area (Å²) < 4.78 is 0. The summed E-state index contributed by atoms with van der Waals surface area (Å²) in [6.07, 6.45) is 3.65. The fraction of sp³-hybridized carbons (Fsp3) is 0.182. The first-order chi connectivity index (χ1) is 10.9. The predicted molar refractivity (Wildman–Crippen MR) is 97.6 cm³/mol. The van der Waals surface area contributed by atoms with Crippen LogP contribution in [0, 0.1) is 0 Å². The molecule has 0 heteroatoms. The van der Waals surface area contributed by atoms with Crippen molar-refractivity contribution >= 4 is 32.3 Å². The van der Waals surface area contributed by atoms with E-state index in [4.69, 9.17) is 0 Å². The zero-order chi connectivity index (χ0) is 14.9. The van der Waals surface area contributed by atoms with E-state index in [9.17, 15) is 0 Å². The maximum Gasteiger partial charge on any atom is -0.00669 e. The molecule has 0 aliphatic rings.